The van der Waals surface area contributed by atoms with Gasteiger partial charge < -0.3 is 15.0 Å². The lowest BCUT2D eigenvalue weighted by molar-refractivity contribution is 0.0833. The van der Waals surface area contributed by atoms with Gasteiger partial charge in [-0.3, -0.25) is 0 Å². The molecule has 1 fully saturated rings. The second-order valence-electron chi connectivity index (χ2n) is 5.10. The Labute approximate surface area is 118 Å². The average Bonchev–Trinajstić information content (AvgIpc) is 3.23. The number of benzene rings is 1. The van der Waals surface area contributed by atoms with Crippen LogP contribution in [0.25, 0.3) is 0 Å². The summed E-state index contributed by atoms with van der Waals surface area (Å²) < 4.78 is 11.1. The number of rotatable bonds is 6. The summed E-state index contributed by atoms with van der Waals surface area (Å²) in [5.41, 5.74) is 7.10. The first kappa shape index (κ1) is 13.3. The van der Waals surface area contributed by atoms with Crippen LogP contribution in [0, 0.1) is 5.92 Å². The minimum atomic E-state index is -0.301. The number of hydrogen-bond donors (Lipinski definition) is 1. The van der Waals surface area contributed by atoms with E-state index < -0.39 is 0 Å². The molecule has 1 aromatic carbocycles. The number of nitrogens with two attached hydrogens (primary N) is 1. The molecule has 2 unspecified atom stereocenters. The van der Waals surface area contributed by atoms with Crippen molar-refractivity contribution < 1.29 is 9.26 Å². The van der Waals surface area contributed by atoms with Crippen LogP contribution in [0.3, 0.4) is 0 Å². The van der Waals surface area contributed by atoms with Gasteiger partial charge in [-0.2, -0.15) is 4.98 Å². The summed E-state index contributed by atoms with van der Waals surface area (Å²) in [4.78, 5) is 4.44. The molecule has 0 spiro atoms. The lowest BCUT2D eigenvalue weighted by atomic mass is 10.1. The van der Waals surface area contributed by atoms with Gasteiger partial charge >= 0.3 is 0 Å². The lowest BCUT2D eigenvalue weighted by Crippen LogP contribution is -2.13. The lowest BCUT2D eigenvalue weighted by Gasteiger charge is -2.13. The maximum atomic E-state index is 6.09. The molecule has 1 aromatic heterocycles. The van der Waals surface area contributed by atoms with E-state index >= 15 is 0 Å². The zero-order valence-corrected chi connectivity index (χ0v) is 11.5. The highest BCUT2D eigenvalue weighted by Gasteiger charge is 2.34. The quantitative estimate of drug-likeness (QED) is 0.875. The van der Waals surface area contributed by atoms with Crippen LogP contribution in [0.1, 0.15) is 49.2 Å². The Balaban J connectivity index is 1.84. The molecule has 0 radical (unpaired) electrons. The van der Waals surface area contributed by atoms with Crippen LogP contribution in [0.15, 0.2) is 34.9 Å². The van der Waals surface area contributed by atoms with E-state index in [0.29, 0.717) is 24.2 Å². The molecule has 0 bridgehead atoms. The van der Waals surface area contributed by atoms with Crippen LogP contribution in [-0.2, 0) is 4.74 Å². The second kappa shape index (κ2) is 5.73. The van der Waals surface area contributed by atoms with Crippen molar-refractivity contribution in [3.05, 3.63) is 47.6 Å². The molecule has 3 rings (SSSR count). The Morgan fingerprint density at radius 1 is 1.35 bits per heavy atom. The van der Waals surface area contributed by atoms with Crippen molar-refractivity contribution in [3.63, 3.8) is 0 Å². The number of hydrogen-bond acceptors (Lipinski definition) is 5. The summed E-state index contributed by atoms with van der Waals surface area (Å²) in [7, 11) is 0. The van der Waals surface area contributed by atoms with Crippen molar-refractivity contribution in [2.24, 2.45) is 11.7 Å². The molecule has 1 aliphatic rings. The third-order valence-electron chi connectivity index (χ3n) is 3.54. The average molecular weight is 273 g/mol. The summed E-state index contributed by atoms with van der Waals surface area (Å²) in [5, 5.41) is 4.05. The Kier molecular flexibility index (Phi) is 3.80. The standard InChI is InChI=1S/C15H19N3O2/c1-2-19-13(11-6-4-3-5-7-11)14-17-15(20-18-14)12(16)10-8-9-10/h3-7,10,12-13H,2,8-9,16H2,1H3. The van der Waals surface area contributed by atoms with Crippen LogP contribution < -0.4 is 5.73 Å². The van der Waals surface area contributed by atoms with E-state index in [1.165, 1.54) is 0 Å². The van der Waals surface area contributed by atoms with Crippen LogP contribution >= 0.6 is 0 Å². The van der Waals surface area contributed by atoms with E-state index in [-0.39, 0.29) is 12.1 Å². The molecule has 0 aliphatic heterocycles. The topological polar surface area (TPSA) is 74.2 Å². The van der Waals surface area contributed by atoms with Gasteiger partial charge in [-0.25, -0.2) is 0 Å². The maximum absolute atomic E-state index is 6.09. The normalized spacial score (nSPS) is 17.9. The summed E-state index contributed by atoms with van der Waals surface area (Å²) in [6.07, 6.45) is 1.99. The molecule has 2 atom stereocenters. The van der Waals surface area contributed by atoms with Crippen LogP contribution in [0.2, 0.25) is 0 Å². The van der Waals surface area contributed by atoms with Crippen LogP contribution in [0.5, 0.6) is 0 Å². The molecule has 2 aromatic rings. The van der Waals surface area contributed by atoms with Crippen LogP contribution in [0.4, 0.5) is 0 Å². The monoisotopic (exact) mass is 273 g/mol. The Morgan fingerprint density at radius 3 is 2.75 bits per heavy atom. The minimum absolute atomic E-state index is 0.144. The van der Waals surface area contributed by atoms with E-state index in [4.69, 9.17) is 15.0 Å². The summed E-state index contributed by atoms with van der Waals surface area (Å²) in [6, 6.07) is 9.76. The van der Waals surface area contributed by atoms with Gasteiger partial charge in [-0.05, 0) is 31.2 Å². The third-order valence-corrected chi connectivity index (χ3v) is 3.54. The SMILES string of the molecule is CCOC(c1ccccc1)c1noc(C(N)C2CC2)n1. The molecule has 0 saturated heterocycles. The Morgan fingerprint density at radius 2 is 2.10 bits per heavy atom. The molecule has 1 aliphatic carbocycles. The van der Waals surface area contributed by atoms with Gasteiger partial charge in [-0.1, -0.05) is 35.5 Å². The highest BCUT2D eigenvalue weighted by Crippen LogP contribution is 2.39. The van der Waals surface area contributed by atoms with Crippen molar-refractivity contribution in [1.82, 2.24) is 10.1 Å². The van der Waals surface area contributed by atoms with E-state index in [2.05, 4.69) is 10.1 Å². The maximum Gasteiger partial charge on any atom is 0.243 e. The van der Waals surface area contributed by atoms with E-state index in [0.717, 1.165) is 18.4 Å². The predicted octanol–water partition coefficient (Wildman–Crippen LogP) is 2.61. The van der Waals surface area contributed by atoms with Gasteiger partial charge in [0.2, 0.25) is 11.7 Å². The van der Waals surface area contributed by atoms with Crippen molar-refractivity contribution in [1.29, 1.82) is 0 Å². The Bertz CT molecular complexity index is 551. The molecule has 106 valence electrons. The first-order chi connectivity index (χ1) is 9.79. The van der Waals surface area contributed by atoms with E-state index in [1.54, 1.807) is 0 Å². The van der Waals surface area contributed by atoms with Crippen molar-refractivity contribution >= 4 is 0 Å². The molecule has 5 nitrogen and oxygen atoms in total. The second-order valence-corrected chi connectivity index (χ2v) is 5.10. The first-order valence-corrected chi connectivity index (χ1v) is 7.05. The fourth-order valence-electron chi connectivity index (χ4n) is 2.26. The molecule has 5 heteroatoms. The summed E-state index contributed by atoms with van der Waals surface area (Å²) >= 11 is 0. The minimum Gasteiger partial charge on any atom is -0.366 e. The summed E-state index contributed by atoms with van der Waals surface area (Å²) in [5.74, 6) is 1.55. The van der Waals surface area contributed by atoms with Gasteiger partial charge in [-0.15, -0.1) is 0 Å². The highest BCUT2D eigenvalue weighted by molar-refractivity contribution is 5.22. The molecule has 20 heavy (non-hydrogen) atoms. The van der Waals surface area contributed by atoms with Gasteiger partial charge in [0.1, 0.15) is 6.10 Å². The fourth-order valence-corrected chi connectivity index (χ4v) is 2.26. The number of aromatic nitrogens is 2. The summed E-state index contributed by atoms with van der Waals surface area (Å²) in [6.45, 7) is 2.53. The number of ether oxygens (including phenoxy) is 1. The highest BCUT2D eigenvalue weighted by atomic mass is 16.5. The van der Waals surface area contributed by atoms with E-state index in [9.17, 15) is 0 Å². The third kappa shape index (κ3) is 2.73. The predicted molar refractivity (Wildman–Crippen MR) is 73.9 cm³/mol. The van der Waals surface area contributed by atoms with Crippen LogP contribution in [-0.4, -0.2) is 16.7 Å². The van der Waals surface area contributed by atoms with Crippen molar-refractivity contribution in [2.45, 2.75) is 31.9 Å². The van der Waals surface area contributed by atoms with Gasteiger partial charge in [0.15, 0.2) is 0 Å². The fraction of sp³-hybridized carbons (Fsp3) is 0.467. The largest absolute Gasteiger partial charge is 0.366 e. The number of nitrogens with zero attached hydrogens (tertiary/aromatic N) is 2. The van der Waals surface area contributed by atoms with Gasteiger partial charge in [0.05, 0.1) is 6.04 Å². The van der Waals surface area contributed by atoms with Crippen molar-refractivity contribution in [3.8, 4) is 0 Å². The zero-order chi connectivity index (χ0) is 13.9. The smallest absolute Gasteiger partial charge is 0.243 e. The molecular formula is C15H19N3O2. The van der Waals surface area contributed by atoms with Gasteiger partial charge in [0, 0.05) is 6.61 Å². The zero-order valence-electron chi connectivity index (χ0n) is 11.5. The van der Waals surface area contributed by atoms with Gasteiger partial charge in [0.25, 0.3) is 0 Å². The molecule has 0 amide bonds. The molecule has 1 saturated carbocycles. The Hall–Kier alpha value is -1.72. The molecular weight excluding hydrogens is 254 g/mol. The molecule has 2 N–H and O–H groups in total. The van der Waals surface area contributed by atoms with E-state index in [1.807, 2.05) is 37.3 Å². The molecule has 1 heterocycles. The first-order valence-electron chi connectivity index (χ1n) is 7.05. The van der Waals surface area contributed by atoms with Crippen molar-refractivity contribution in [2.75, 3.05) is 6.61 Å².